The minimum atomic E-state index is -0.676. The van der Waals surface area contributed by atoms with E-state index < -0.39 is 17.6 Å². The lowest BCUT2D eigenvalue weighted by molar-refractivity contribution is -0.154. The second kappa shape index (κ2) is 12.4. The molecule has 0 spiro atoms. The summed E-state index contributed by atoms with van der Waals surface area (Å²) < 4.78 is 22.1. The van der Waals surface area contributed by atoms with Gasteiger partial charge < -0.3 is 18.7 Å². The molecule has 0 radical (unpaired) electrons. The number of nitrogens with zero attached hydrogens (tertiary/aromatic N) is 1. The SMILES string of the molecule is CCOC(=O)C1(c2ccc(-c3ccc(-c4onc(C)c4NC(=O)O[C@H](C)c4ccccc4)cc3)cc2)CCOCC1. The molecule has 4 aromatic rings. The summed E-state index contributed by atoms with van der Waals surface area (Å²) in [6, 6.07) is 25.4. The Labute approximate surface area is 239 Å². The fourth-order valence-electron chi connectivity index (χ4n) is 5.19. The van der Waals surface area contributed by atoms with Crippen LogP contribution < -0.4 is 5.32 Å². The van der Waals surface area contributed by atoms with Gasteiger partial charge in [-0.1, -0.05) is 84.0 Å². The molecule has 1 saturated heterocycles. The van der Waals surface area contributed by atoms with E-state index >= 15 is 0 Å². The second-order valence-electron chi connectivity index (χ2n) is 10.1. The lowest BCUT2D eigenvalue weighted by Gasteiger charge is -2.35. The summed E-state index contributed by atoms with van der Waals surface area (Å²) in [5.41, 5.74) is 4.96. The van der Waals surface area contributed by atoms with Gasteiger partial charge in [0.2, 0.25) is 0 Å². The summed E-state index contributed by atoms with van der Waals surface area (Å²) in [5.74, 6) is 0.259. The Hall–Kier alpha value is -4.43. The molecule has 1 fully saturated rings. The molecule has 1 aliphatic rings. The highest BCUT2D eigenvalue weighted by molar-refractivity contribution is 5.91. The van der Waals surface area contributed by atoms with Gasteiger partial charge in [-0.25, -0.2) is 4.79 Å². The molecular weight excluding hydrogens is 520 g/mol. The predicted molar refractivity (Wildman–Crippen MR) is 155 cm³/mol. The summed E-state index contributed by atoms with van der Waals surface area (Å²) in [5, 5.41) is 6.86. The first-order valence-corrected chi connectivity index (χ1v) is 13.9. The van der Waals surface area contributed by atoms with Crippen LogP contribution in [0, 0.1) is 6.92 Å². The monoisotopic (exact) mass is 554 g/mol. The van der Waals surface area contributed by atoms with Crippen LogP contribution in [-0.2, 0) is 24.4 Å². The first kappa shape index (κ1) is 28.1. The maximum atomic E-state index is 12.9. The maximum Gasteiger partial charge on any atom is 0.412 e. The molecule has 0 saturated carbocycles. The standard InChI is InChI=1S/C33H34N2O6/c1-4-39-31(36)33(18-20-38-21-19-33)28-16-14-26(15-17-28)25-10-12-27(13-11-25)30-29(22(2)35-41-30)34-32(37)40-23(3)24-8-6-5-7-9-24/h5-17,23H,4,18-21H2,1-3H3,(H,34,37)/t23-/m1/s1. The molecule has 0 aliphatic carbocycles. The van der Waals surface area contributed by atoms with E-state index in [1.165, 1.54) is 0 Å². The molecule has 41 heavy (non-hydrogen) atoms. The van der Waals surface area contributed by atoms with Crippen molar-refractivity contribution in [3.05, 3.63) is 95.7 Å². The van der Waals surface area contributed by atoms with E-state index in [9.17, 15) is 9.59 Å². The van der Waals surface area contributed by atoms with Crippen molar-refractivity contribution in [3.8, 4) is 22.5 Å². The lowest BCUT2D eigenvalue weighted by atomic mass is 9.74. The highest BCUT2D eigenvalue weighted by Crippen LogP contribution is 2.38. The van der Waals surface area contributed by atoms with Crippen LogP contribution in [0.1, 0.15) is 49.6 Å². The Balaban J connectivity index is 1.31. The van der Waals surface area contributed by atoms with Crippen molar-refractivity contribution >= 4 is 17.7 Å². The number of carbonyl (C=O) groups is 2. The molecule has 1 amide bonds. The van der Waals surface area contributed by atoms with E-state index in [0.29, 0.717) is 49.8 Å². The smallest absolute Gasteiger partial charge is 0.412 e. The largest absolute Gasteiger partial charge is 0.465 e. The van der Waals surface area contributed by atoms with E-state index in [2.05, 4.69) is 10.5 Å². The summed E-state index contributed by atoms with van der Waals surface area (Å²) in [6.07, 6.45) is 0.205. The second-order valence-corrected chi connectivity index (χ2v) is 10.1. The molecule has 3 aromatic carbocycles. The first-order chi connectivity index (χ1) is 19.9. The van der Waals surface area contributed by atoms with Gasteiger partial charge in [-0.2, -0.15) is 0 Å². The number of carbonyl (C=O) groups excluding carboxylic acids is 2. The zero-order chi connectivity index (χ0) is 28.8. The number of benzene rings is 3. The first-order valence-electron chi connectivity index (χ1n) is 13.9. The van der Waals surface area contributed by atoms with E-state index in [1.807, 2.05) is 92.7 Å². The van der Waals surface area contributed by atoms with Gasteiger partial charge in [0.1, 0.15) is 17.5 Å². The zero-order valence-electron chi connectivity index (χ0n) is 23.5. The van der Waals surface area contributed by atoms with Crippen molar-refractivity contribution in [2.75, 3.05) is 25.1 Å². The van der Waals surface area contributed by atoms with Gasteiger partial charge in [0.15, 0.2) is 5.76 Å². The Morgan fingerprint density at radius 2 is 1.54 bits per heavy atom. The van der Waals surface area contributed by atoms with Crippen molar-refractivity contribution in [1.29, 1.82) is 0 Å². The van der Waals surface area contributed by atoms with Crippen LogP contribution in [0.2, 0.25) is 0 Å². The molecule has 1 N–H and O–H groups in total. The molecule has 1 atom stereocenters. The number of nitrogens with one attached hydrogen (secondary N) is 1. The Bertz CT molecular complexity index is 1470. The topological polar surface area (TPSA) is 99.9 Å². The maximum absolute atomic E-state index is 12.9. The number of aryl methyl sites for hydroxylation is 1. The van der Waals surface area contributed by atoms with E-state index in [0.717, 1.165) is 27.8 Å². The van der Waals surface area contributed by atoms with Crippen LogP contribution in [0.5, 0.6) is 0 Å². The molecule has 8 heteroatoms. The molecular formula is C33H34N2O6. The van der Waals surface area contributed by atoms with Gasteiger partial charge >= 0.3 is 12.1 Å². The minimum Gasteiger partial charge on any atom is -0.465 e. The third-order valence-corrected chi connectivity index (χ3v) is 7.57. The molecule has 212 valence electrons. The predicted octanol–water partition coefficient (Wildman–Crippen LogP) is 7.24. The van der Waals surface area contributed by atoms with Crippen LogP contribution in [0.3, 0.4) is 0 Å². The van der Waals surface area contributed by atoms with Gasteiger partial charge in [0, 0.05) is 18.8 Å². The molecule has 1 aliphatic heterocycles. The van der Waals surface area contributed by atoms with Crippen LogP contribution in [0.15, 0.2) is 83.4 Å². The Kier molecular flexibility index (Phi) is 8.50. The molecule has 5 rings (SSSR count). The highest BCUT2D eigenvalue weighted by Gasteiger charge is 2.43. The quantitative estimate of drug-likeness (QED) is 0.229. The number of hydrogen-bond acceptors (Lipinski definition) is 7. The number of anilines is 1. The third kappa shape index (κ3) is 6.02. The van der Waals surface area contributed by atoms with Crippen LogP contribution in [-0.4, -0.2) is 37.0 Å². The molecule has 2 heterocycles. The van der Waals surface area contributed by atoms with Gasteiger partial charge in [0.05, 0.1) is 12.0 Å². The molecule has 8 nitrogen and oxygen atoms in total. The van der Waals surface area contributed by atoms with E-state index in [-0.39, 0.29) is 5.97 Å². The fraction of sp³-hybridized carbons (Fsp3) is 0.303. The number of esters is 1. The number of hydrogen-bond donors (Lipinski definition) is 1. The lowest BCUT2D eigenvalue weighted by Crippen LogP contribution is -2.42. The van der Waals surface area contributed by atoms with Crippen molar-refractivity contribution in [1.82, 2.24) is 5.16 Å². The average Bonchev–Trinajstić information content (AvgIpc) is 3.37. The van der Waals surface area contributed by atoms with Gasteiger partial charge in [-0.3, -0.25) is 10.1 Å². The van der Waals surface area contributed by atoms with Crippen molar-refractivity contribution in [2.45, 2.75) is 45.1 Å². The highest BCUT2D eigenvalue weighted by atomic mass is 16.6. The third-order valence-electron chi connectivity index (χ3n) is 7.57. The average molecular weight is 555 g/mol. The summed E-state index contributed by atoms with van der Waals surface area (Å²) >= 11 is 0. The number of rotatable bonds is 8. The van der Waals surface area contributed by atoms with Crippen LogP contribution >= 0.6 is 0 Å². The van der Waals surface area contributed by atoms with Gasteiger partial charge in [-0.15, -0.1) is 0 Å². The summed E-state index contributed by atoms with van der Waals surface area (Å²) in [4.78, 5) is 25.6. The molecule has 1 aromatic heterocycles. The molecule has 0 unspecified atom stereocenters. The summed E-state index contributed by atoms with van der Waals surface area (Å²) in [7, 11) is 0. The minimum absolute atomic E-state index is 0.189. The van der Waals surface area contributed by atoms with Crippen molar-refractivity contribution in [3.63, 3.8) is 0 Å². The number of amides is 1. The fourth-order valence-corrected chi connectivity index (χ4v) is 5.19. The van der Waals surface area contributed by atoms with Gasteiger partial charge in [-0.05, 0) is 55.9 Å². The summed E-state index contributed by atoms with van der Waals surface area (Å²) in [6.45, 7) is 6.83. The van der Waals surface area contributed by atoms with Gasteiger partial charge in [0.25, 0.3) is 0 Å². The van der Waals surface area contributed by atoms with E-state index in [4.69, 9.17) is 18.7 Å². The zero-order valence-corrected chi connectivity index (χ0v) is 23.5. The normalized spacial score (nSPS) is 15.1. The number of aromatic nitrogens is 1. The number of ether oxygens (including phenoxy) is 3. The van der Waals surface area contributed by atoms with Crippen molar-refractivity contribution in [2.24, 2.45) is 0 Å². The van der Waals surface area contributed by atoms with Crippen LogP contribution in [0.4, 0.5) is 10.5 Å². The molecule has 0 bridgehead atoms. The van der Waals surface area contributed by atoms with Crippen molar-refractivity contribution < 1.29 is 28.3 Å². The van der Waals surface area contributed by atoms with E-state index in [1.54, 1.807) is 6.92 Å². The Morgan fingerprint density at radius 3 is 2.17 bits per heavy atom. The Morgan fingerprint density at radius 1 is 0.927 bits per heavy atom. The van der Waals surface area contributed by atoms with Crippen LogP contribution in [0.25, 0.3) is 22.5 Å².